The zero-order chi connectivity index (χ0) is 28.5. The Labute approximate surface area is 234 Å². The van der Waals surface area contributed by atoms with E-state index in [4.69, 9.17) is 10.5 Å². The number of carbonyl (C=O) groups is 2. The third kappa shape index (κ3) is 7.64. The van der Waals surface area contributed by atoms with Gasteiger partial charge in [0.05, 0.1) is 18.3 Å². The second-order valence-electron chi connectivity index (χ2n) is 9.68. The lowest BCUT2D eigenvalue weighted by molar-refractivity contribution is -0.117. The first-order valence-corrected chi connectivity index (χ1v) is 13.5. The molecule has 4 rings (SSSR count). The van der Waals surface area contributed by atoms with Crippen LogP contribution in [0.4, 0.5) is 21.9 Å². The van der Waals surface area contributed by atoms with Crippen LogP contribution in [-0.2, 0) is 11.2 Å². The molecule has 0 bridgehead atoms. The average molecular weight is 548 g/mol. The number of hydrogen-bond donors (Lipinski definition) is 4. The summed E-state index contributed by atoms with van der Waals surface area (Å²) >= 11 is 0. The van der Waals surface area contributed by atoms with Crippen molar-refractivity contribution < 1.29 is 24.5 Å². The predicted molar refractivity (Wildman–Crippen MR) is 156 cm³/mol. The number of phenolic OH excluding ortho intramolecular Hbond substituents is 1. The topological polar surface area (TPSA) is 132 Å². The van der Waals surface area contributed by atoms with Crippen LogP contribution in [0.2, 0.25) is 0 Å². The van der Waals surface area contributed by atoms with Gasteiger partial charge in [0.1, 0.15) is 11.5 Å². The summed E-state index contributed by atoms with van der Waals surface area (Å²) in [5.74, 6) is 0.458. The summed E-state index contributed by atoms with van der Waals surface area (Å²) in [6.45, 7) is 6.41. The van der Waals surface area contributed by atoms with Gasteiger partial charge in [0.25, 0.3) is 0 Å². The second kappa shape index (κ2) is 13.7. The van der Waals surface area contributed by atoms with Crippen LogP contribution in [0.25, 0.3) is 0 Å². The Morgan fingerprint density at radius 2 is 1.75 bits per heavy atom. The fraction of sp³-hybridized carbons (Fsp3) is 0.333. The van der Waals surface area contributed by atoms with Crippen LogP contribution >= 0.6 is 0 Å². The van der Waals surface area contributed by atoms with Crippen LogP contribution in [0.1, 0.15) is 12.5 Å². The van der Waals surface area contributed by atoms with E-state index in [0.29, 0.717) is 43.2 Å². The number of benzene rings is 3. The average Bonchev–Trinajstić information content (AvgIpc) is 2.95. The monoisotopic (exact) mass is 547 g/mol. The van der Waals surface area contributed by atoms with Crippen molar-refractivity contribution in [1.82, 2.24) is 4.90 Å². The molecule has 1 aliphatic heterocycles. The van der Waals surface area contributed by atoms with Crippen LogP contribution in [0.15, 0.2) is 72.8 Å². The third-order valence-electron chi connectivity index (χ3n) is 6.91. The van der Waals surface area contributed by atoms with Crippen molar-refractivity contribution >= 4 is 29.1 Å². The molecular formula is C30H37N5O5. The molecule has 10 heteroatoms. The Balaban J connectivity index is 1.29. The maximum absolute atomic E-state index is 12.7. The minimum Gasteiger partial charge on any atom is -0.508 e. The molecule has 1 aliphatic rings. The highest BCUT2D eigenvalue weighted by atomic mass is 16.5. The van der Waals surface area contributed by atoms with Crippen LogP contribution in [0, 0.1) is 0 Å². The van der Waals surface area contributed by atoms with E-state index in [-0.39, 0.29) is 11.7 Å². The lowest BCUT2D eigenvalue weighted by atomic mass is 10.1. The molecule has 5 N–H and O–H groups in total. The fourth-order valence-electron chi connectivity index (χ4n) is 4.74. The van der Waals surface area contributed by atoms with E-state index in [1.807, 2.05) is 43.3 Å². The quantitative estimate of drug-likeness (QED) is 0.286. The van der Waals surface area contributed by atoms with Crippen molar-refractivity contribution in [3.05, 3.63) is 78.4 Å². The number of phenols is 1. The van der Waals surface area contributed by atoms with Gasteiger partial charge in [-0.1, -0.05) is 30.3 Å². The molecule has 0 spiro atoms. The highest BCUT2D eigenvalue weighted by Crippen LogP contribution is 2.28. The molecule has 1 heterocycles. The number of rotatable bonds is 11. The highest BCUT2D eigenvalue weighted by molar-refractivity contribution is 5.95. The number of anilines is 3. The molecule has 0 radical (unpaired) electrons. The SMILES string of the molecule is CCOc1ccccc1N(CCN1CCN(c2cccc(NC(=O)C(N)Cc3ccc(O)cc3)c2)CC1)C(=O)O. The number of hydrogen-bond acceptors (Lipinski definition) is 7. The van der Waals surface area contributed by atoms with E-state index in [9.17, 15) is 19.8 Å². The lowest BCUT2D eigenvalue weighted by Crippen LogP contribution is -2.49. The minimum atomic E-state index is -1.01. The van der Waals surface area contributed by atoms with Gasteiger partial charge in [0.15, 0.2) is 0 Å². The first kappa shape index (κ1) is 28.7. The van der Waals surface area contributed by atoms with Gasteiger partial charge in [-0.3, -0.25) is 14.6 Å². The van der Waals surface area contributed by atoms with E-state index < -0.39 is 12.1 Å². The smallest absolute Gasteiger partial charge is 0.411 e. The first-order valence-electron chi connectivity index (χ1n) is 13.5. The molecule has 40 heavy (non-hydrogen) atoms. The molecule has 10 nitrogen and oxygen atoms in total. The molecule has 2 amide bonds. The normalized spacial score (nSPS) is 14.4. The molecule has 3 aromatic carbocycles. The summed E-state index contributed by atoms with van der Waals surface area (Å²) in [4.78, 5) is 30.6. The Morgan fingerprint density at radius 3 is 2.45 bits per heavy atom. The largest absolute Gasteiger partial charge is 0.508 e. The number of nitrogens with one attached hydrogen (secondary N) is 1. The summed E-state index contributed by atoms with van der Waals surface area (Å²) in [7, 11) is 0. The van der Waals surface area contributed by atoms with Gasteiger partial charge >= 0.3 is 6.09 Å². The van der Waals surface area contributed by atoms with Gasteiger partial charge in [-0.05, 0) is 61.4 Å². The van der Waals surface area contributed by atoms with Crippen LogP contribution in [0.5, 0.6) is 11.5 Å². The van der Waals surface area contributed by atoms with Crippen molar-refractivity contribution in [3.8, 4) is 11.5 Å². The number of carbonyl (C=O) groups excluding carboxylic acids is 1. The van der Waals surface area contributed by atoms with E-state index >= 15 is 0 Å². The zero-order valence-corrected chi connectivity index (χ0v) is 22.7. The van der Waals surface area contributed by atoms with E-state index in [2.05, 4.69) is 15.1 Å². The molecule has 1 fully saturated rings. The third-order valence-corrected chi connectivity index (χ3v) is 6.91. The Hall–Kier alpha value is -4.28. The lowest BCUT2D eigenvalue weighted by Gasteiger charge is -2.37. The summed E-state index contributed by atoms with van der Waals surface area (Å²) in [6, 6.07) is 20.8. The second-order valence-corrected chi connectivity index (χ2v) is 9.68. The predicted octanol–water partition coefficient (Wildman–Crippen LogP) is 3.61. The van der Waals surface area contributed by atoms with Gasteiger partial charge in [-0.15, -0.1) is 0 Å². The van der Waals surface area contributed by atoms with Crippen molar-refractivity contribution in [2.24, 2.45) is 5.73 Å². The van der Waals surface area contributed by atoms with Crippen LogP contribution in [0.3, 0.4) is 0 Å². The van der Waals surface area contributed by atoms with Crippen molar-refractivity contribution in [2.75, 3.05) is 61.0 Å². The number of ether oxygens (including phenoxy) is 1. The maximum Gasteiger partial charge on any atom is 0.411 e. The fourth-order valence-corrected chi connectivity index (χ4v) is 4.74. The minimum absolute atomic E-state index is 0.171. The number of amides is 2. The number of carboxylic acid groups (broad SMARTS) is 1. The highest BCUT2D eigenvalue weighted by Gasteiger charge is 2.22. The number of aromatic hydroxyl groups is 1. The van der Waals surface area contributed by atoms with Gasteiger partial charge in [0.2, 0.25) is 5.91 Å². The molecule has 1 unspecified atom stereocenters. The molecule has 1 atom stereocenters. The summed E-state index contributed by atoms with van der Waals surface area (Å²) in [6.07, 6.45) is -0.642. The van der Waals surface area contributed by atoms with Gasteiger partial charge in [-0.2, -0.15) is 0 Å². The number of piperazine rings is 1. The Kier molecular flexibility index (Phi) is 9.82. The molecule has 1 saturated heterocycles. The molecule has 0 saturated carbocycles. The van der Waals surface area contributed by atoms with E-state index in [1.54, 1.807) is 36.4 Å². The van der Waals surface area contributed by atoms with Gasteiger partial charge < -0.3 is 30.9 Å². The maximum atomic E-state index is 12.7. The van der Waals surface area contributed by atoms with Gasteiger partial charge in [-0.25, -0.2) is 4.79 Å². The summed E-state index contributed by atoms with van der Waals surface area (Å²) in [5, 5.41) is 22.2. The zero-order valence-electron chi connectivity index (χ0n) is 22.7. The summed E-state index contributed by atoms with van der Waals surface area (Å²) < 4.78 is 5.63. The Morgan fingerprint density at radius 1 is 1.02 bits per heavy atom. The van der Waals surface area contributed by atoms with E-state index in [1.165, 1.54) is 4.90 Å². The number of nitrogens with zero attached hydrogens (tertiary/aromatic N) is 3. The number of nitrogens with two attached hydrogens (primary N) is 1. The van der Waals surface area contributed by atoms with Crippen molar-refractivity contribution in [3.63, 3.8) is 0 Å². The molecule has 3 aromatic rings. The molecule has 0 aliphatic carbocycles. The van der Waals surface area contributed by atoms with Crippen LogP contribution in [-0.4, -0.2) is 79.0 Å². The Bertz CT molecular complexity index is 1280. The molecular weight excluding hydrogens is 510 g/mol. The first-order chi connectivity index (χ1) is 19.3. The summed E-state index contributed by atoms with van der Waals surface area (Å²) in [5.41, 5.74) is 9.23. The number of para-hydroxylation sites is 2. The van der Waals surface area contributed by atoms with Crippen molar-refractivity contribution in [1.29, 1.82) is 0 Å². The molecule has 212 valence electrons. The van der Waals surface area contributed by atoms with E-state index in [0.717, 1.165) is 37.4 Å². The van der Waals surface area contributed by atoms with Crippen LogP contribution < -0.4 is 25.6 Å². The van der Waals surface area contributed by atoms with Crippen molar-refractivity contribution in [2.45, 2.75) is 19.4 Å². The standard InChI is InChI=1S/C30H37N5O5/c1-2-40-28-9-4-3-8-27(28)35(30(38)39)19-16-33-14-17-34(18-15-33)24-7-5-6-23(21-24)32-29(37)26(31)20-22-10-12-25(36)13-11-22/h3-13,21,26,36H,2,14-20,31H2,1H3,(H,32,37)(H,38,39). The molecule has 0 aromatic heterocycles. The van der Waals surface area contributed by atoms with Gasteiger partial charge in [0, 0.05) is 50.6 Å².